The minimum absolute atomic E-state index is 0.0521. The SMILES string of the molecule is CC[C@H](C)[C@H](NC(=O)CNC(=O)[C@@H]1CC2(O)c3ccc([N+](=O)[O-])cc3N(C(=O)OC(C)(C)C)C2N1C(=O)OC(C)(C)C)C(=O)NCC(=O)N[C@@H](CSC(c1ccccc1)(c1ccccc1)c1ccccc1)C(=O)N[C@@H](CC(=O)NC(c1ccccc1)(c1ccccc1)c1ccccc1)C(=O)N1C[C@H](OC(C)(C)C)C[C@H]1C(=O)N[C@H](C(=O)OC(C)(C)C)[C@@H](C)CC. The Hall–Kier alpha value is -12.0. The number of aliphatic hydroxyl groups is 1. The number of nitrogens with one attached hydrogen (secondary N) is 7. The van der Waals surface area contributed by atoms with Gasteiger partial charge in [-0.2, -0.15) is 0 Å². The maximum Gasteiger partial charge on any atom is 0.416 e. The Balaban J connectivity index is 0.990. The Bertz CT molecular complexity index is 4820. The molecule has 0 aliphatic carbocycles. The van der Waals surface area contributed by atoms with E-state index in [2.05, 4.69) is 37.2 Å². The second-order valence-electron chi connectivity index (χ2n) is 36.0. The summed E-state index contributed by atoms with van der Waals surface area (Å²) in [7, 11) is 0. The molecule has 10 rings (SSSR count). The van der Waals surface area contributed by atoms with Crippen LogP contribution in [0.4, 0.5) is 21.0 Å². The van der Waals surface area contributed by atoms with E-state index in [0.717, 1.165) is 38.6 Å². The van der Waals surface area contributed by atoms with Crippen molar-refractivity contribution >= 4 is 88.5 Å². The normalized spacial score (nSPS) is 18.5. The van der Waals surface area contributed by atoms with Gasteiger partial charge in [0.2, 0.25) is 47.3 Å². The number of likely N-dealkylation sites (tertiary alicyclic amines) is 2. The molecule has 2 fully saturated rings. The summed E-state index contributed by atoms with van der Waals surface area (Å²) < 4.78 is 22.8. The minimum atomic E-state index is -2.28. The Morgan fingerprint density at radius 2 is 0.976 bits per heavy atom. The van der Waals surface area contributed by atoms with Gasteiger partial charge in [0, 0.05) is 42.8 Å². The van der Waals surface area contributed by atoms with Crippen molar-refractivity contribution in [3.63, 3.8) is 0 Å². The number of anilines is 1. The summed E-state index contributed by atoms with van der Waals surface area (Å²) in [6.07, 6.45) is -5.68. The van der Waals surface area contributed by atoms with Crippen LogP contribution in [0.3, 0.4) is 0 Å². The largest absolute Gasteiger partial charge is 0.458 e. The molecule has 7 aromatic rings. The van der Waals surface area contributed by atoms with Gasteiger partial charge in [0.05, 0.1) is 46.6 Å². The maximum atomic E-state index is 16.5. The number of carbonyl (C=O) groups excluding carboxylic acids is 11. The Kier molecular flexibility index (Phi) is 30.4. The van der Waals surface area contributed by atoms with Gasteiger partial charge in [-0.25, -0.2) is 14.4 Å². The zero-order valence-electron chi connectivity index (χ0n) is 73.8. The van der Waals surface area contributed by atoms with Crippen LogP contribution in [0.5, 0.6) is 0 Å². The van der Waals surface area contributed by atoms with Gasteiger partial charge in [0.25, 0.3) is 5.69 Å². The van der Waals surface area contributed by atoms with E-state index in [-0.39, 0.29) is 36.4 Å². The zero-order chi connectivity index (χ0) is 91.3. The summed E-state index contributed by atoms with van der Waals surface area (Å²) >= 11 is 1.27. The van der Waals surface area contributed by atoms with E-state index in [1.54, 1.807) is 83.1 Å². The van der Waals surface area contributed by atoms with Crippen molar-refractivity contribution in [3.05, 3.63) is 249 Å². The van der Waals surface area contributed by atoms with Gasteiger partial charge in [-0.15, -0.1) is 11.8 Å². The highest BCUT2D eigenvalue weighted by molar-refractivity contribution is 8.00. The summed E-state index contributed by atoms with van der Waals surface area (Å²) in [6.45, 7) is 25.1. The molecule has 0 bridgehead atoms. The van der Waals surface area contributed by atoms with E-state index in [9.17, 15) is 44.0 Å². The molecule has 3 aliphatic rings. The van der Waals surface area contributed by atoms with Crippen LogP contribution in [0.2, 0.25) is 0 Å². The second kappa shape index (κ2) is 39.9. The summed E-state index contributed by atoms with van der Waals surface area (Å²) in [5.41, 5.74) is -4.39. The summed E-state index contributed by atoms with van der Waals surface area (Å²) in [5.74, 6) is -9.23. The number of nitrogens with zero attached hydrogens (tertiary/aromatic N) is 4. The quantitative estimate of drug-likeness (QED) is 0.00638. The lowest BCUT2D eigenvalue weighted by atomic mass is 9.77. The average molecular weight is 1730 g/mol. The first-order valence-corrected chi connectivity index (χ1v) is 43.2. The molecule has 666 valence electrons. The highest BCUT2D eigenvalue weighted by Gasteiger charge is 2.66. The van der Waals surface area contributed by atoms with Crippen molar-refractivity contribution in [2.75, 3.05) is 30.3 Å². The van der Waals surface area contributed by atoms with E-state index < -0.39 is 201 Å². The number of nitro groups is 1. The zero-order valence-corrected chi connectivity index (χ0v) is 74.6. The number of non-ortho nitro benzene ring substituents is 1. The Labute approximate surface area is 734 Å². The standard InChI is InChI=1S/C95H117N11O18S/c1-17-59(3)78(100-77(109)56-96-81(111)74-54-93(118)69-50-49-67(106(119)120)51-72(69)104(87(116)123-91(11,12)13)86(93)105(74)88(117)124-92(14,15)16)83(113)97-55-76(108)98-71(58-125-95(64-43-31-22-32-44-64,65-45-33-23-34-46-65)66-47-35-24-36-48-66)80(110)99-70(53-75(107)102-94(61-37-25-19-26-38-61,62-39-27-20-28-40-62)63-41-29-21-30-42-63)84(114)103-57-68(121-89(5,6)7)52-73(103)82(112)101-79(60(4)18-2)85(115)122-90(8,9)10/h19-51,59-60,68,70-71,73-74,78-79,86,118H,17-18,52-58H2,1-16H3,(H,96,111)(H,97,113)(H,98,108)(H,99,110)(H,100,109)(H,101,112)(H,102,107)/t59-,60-,68+,70-,71-,73-,74-,78-,79-,86?,93?/m0/s1. The molecule has 29 nitrogen and oxygen atoms in total. The topological polar surface area (TPSA) is 382 Å². The van der Waals surface area contributed by atoms with Gasteiger partial charge in [-0.05, 0) is 134 Å². The molecule has 30 heteroatoms. The van der Waals surface area contributed by atoms with Crippen LogP contribution in [0.25, 0.3) is 0 Å². The molecule has 125 heavy (non-hydrogen) atoms. The molecular formula is C95H117N11O18S. The van der Waals surface area contributed by atoms with Crippen molar-refractivity contribution in [2.24, 2.45) is 11.8 Å². The molecule has 0 aromatic heterocycles. The third-order valence-electron chi connectivity index (χ3n) is 22.0. The molecule has 3 aliphatic heterocycles. The van der Waals surface area contributed by atoms with E-state index in [1.807, 2.05) is 210 Å². The maximum absolute atomic E-state index is 16.5. The summed E-state index contributed by atoms with van der Waals surface area (Å²) in [4.78, 5) is 180. The van der Waals surface area contributed by atoms with Crippen molar-refractivity contribution in [2.45, 2.75) is 230 Å². The minimum Gasteiger partial charge on any atom is -0.458 e. The fraction of sp³-hybridized carbons (Fsp3) is 0.442. The third kappa shape index (κ3) is 22.9. The molecule has 3 heterocycles. The van der Waals surface area contributed by atoms with E-state index in [4.69, 9.17) is 18.9 Å². The van der Waals surface area contributed by atoms with Gasteiger partial charge < -0.3 is 66.2 Å². The van der Waals surface area contributed by atoms with Crippen LogP contribution < -0.4 is 42.1 Å². The number of fused-ring (bicyclic) bond motifs is 3. The number of rotatable bonds is 32. The lowest BCUT2D eigenvalue weighted by Gasteiger charge is -2.38. The summed E-state index contributed by atoms with van der Waals surface area (Å²) in [5, 5.41) is 44.7. The van der Waals surface area contributed by atoms with Gasteiger partial charge in [0.15, 0.2) is 6.17 Å². The van der Waals surface area contributed by atoms with Crippen molar-refractivity contribution in [1.82, 2.24) is 47.0 Å². The van der Waals surface area contributed by atoms with E-state index in [1.165, 1.54) is 22.7 Å². The number of hydrogen-bond donors (Lipinski definition) is 8. The number of carbonyl (C=O) groups is 11. The third-order valence-corrected chi connectivity index (χ3v) is 23.6. The van der Waals surface area contributed by atoms with E-state index >= 15 is 24.0 Å². The van der Waals surface area contributed by atoms with Gasteiger partial charge in [-0.1, -0.05) is 223 Å². The molecular weight excluding hydrogens is 1620 g/mol. The number of esters is 1. The first-order valence-electron chi connectivity index (χ1n) is 42.2. The fourth-order valence-electron chi connectivity index (χ4n) is 16.0. The highest BCUT2D eigenvalue weighted by atomic mass is 32.2. The molecule has 2 saturated heterocycles. The van der Waals surface area contributed by atoms with Crippen LogP contribution in [-0.2, 0) is 78.0 Å². The monoisotopic (exact) mass is 1730 g/mol. The Morgan fingerprint density at radius 1 is 0.520 bits per heavy atom. The number of benzene rings is 7. The van der Waals surface area contributed by atoms with Crippen LogP contribution in [-0.4, -0.2) is 182 Å². The molecule has 10 amide bonds. The number of hydrogen-bond acceptors (Lipinski definition) is 19. The average Bonchev–Trinajstić information content (AvgIpc) is 1.53. The first-order chi connectivity index (χ1) is 58.9. The smallest absolute Gasteiger partial charge is 0.416 e. The lowest BCUT2D eigenvalue weighted by Crippen LogP contribution is -2.60. The van der Waals surface area contributed by atoms with Gasteiger partial charge in [0.1, 0.15) is 64.2 Å². The second-order valence-corrected chi connectivity index (χ2v) is 37.2. The number of thioether (sulfide) groups is 1. The summed E-state index contributed by atoms with van der Waals surface area (Å²) in [6, 6.07) is 50.4. The fourth-order valence-corrected chi connectivity index (χ4v) is 17.6. The van der Waals surface area contributed by atoms with Crippen LogP contribution in [0.1, 0.15) is 182 Å². The van der Waals surface area contributed by atoms with Crippen molar-refractivity contribution in [3.8, 4) is 0 Å². The van der Waals surface area contributed by atoms with E-state index in [0.29, 0.717) is 23.1 Å². The molecule has 8 N–H and O–H groups in total. The molecule has 2 unspecified atom stereocenters. The van der Waals surface area contributed by atoms with Crippen molar-refractivity contribution in [1.29, 1.82) is 0 Å². The van der Waals surface area contributed by atoms with Crippen LogP contribution >= 0.6 is 11.8 Å². The van der Waals surface area contributed by atoms with Gasteiger partial charge in [-0.3, -0.25) is 58.3 Å². The van der Waals surface area contributed by atoms with Crippen LogP contribution in [0.15, 0.2) is 200 Å². The predicted molar refractivity (Wildman–Crippen MR) is 473 cm³/mol. The number of amides is 10. The molecule has 0 saturated carbocycles. The predicted octanol–water partition coefficient (Wildman–Crippen LogP) is 11.5. The Morgan fingerprint density at radius 3 is 1.44 bits per heavy atom. The van der Waals surface area contributed by atoms with Gasteiger partial charge >= 0.3 is 18.2 Å². The molecule has 7 aromatic carbocycles. The molecule has 0 radical (unpaired) electrons. The molecule has 11 atom stereocenters. The highest BCUT2D eigenvalue weighted by Crippen LogP contribution is 2.55. The lowest BCUT2D eigenvalue weighted by molar-refractivity contribution is -0.384. The van der Waals surface area contributed by atoms with Crippen LogP contribution in [0, 0.1) is 22.0 Å². The molecule has 0 spiro atoms. The number of ether oxygens (including phenoxy) is 4. The van der Waals surface area contributed by atoms with Crippen molar-refractivity contribution < 1.29 is 81.7 Å². The number of nitro benzene ring substituents is 1. The first kappa shape index (κ1) is 95.2.